The molecule has 0 radical (unpaired) electrons. The number of nitrogens with one attached hydrogen (secondary N) is 1. The lowest BCUT2D eigenvalue weighted by Crippen LogP contribution is -2.28. The summed E-state index contributed by atoms with van der Waals surface area (Å²) in [7, 11) is 0. The molecule has 0 aliphatic carbocycles. The SMILES string of the molecule is NNC(c1cccc(F)c1)c1cc2ccccc2o1. The molecule has 0 bridgehead atoms. The molecule has 0 spiro atoms. The minimum absolute atomic E-state index is 0.297. The minimum atomic E-state index is -0.372. The van der Waals surface area contributed by atoms with Gasteiger partial charge in [-0.25, -0.2) is 9.82 Å². The summed E-state index contributed by atoms with van der Waals surface area (Å²) < 4.78 is 19.0. The summed E-state index contributed by atoms with van der Waals surface area (Å²) in [6, 6.07) is 15.5. The van der Waals surface area contributed by atoms with E-state index >= 15 is 0 Å². The van der Waals surface area contributed by atoms with Gasteiger partial charge < -0.3 is 4.42 Å². The van der Waals surface area contributed by atoms with Gasteiger partial charge in [0, 0.05) is 5.39 Å². The van der Waals surface area contributed by atoms with Gasteiger partial charge in [-0.2, -0.15) is 0 Å². The van der Waals surface area contributed by atoms with Gasteiger partial charge in [0.05, 0.1) is 0 Å². The lowest BCUT2D eigenvalue weighted by molar-refractivity contribution is 0.475. The van der Waals surface area contributed by atoms with Crippen LogP contribution in [0.15, 0.2) is 59.0 Å². The van der Waals surface area contributed by atoms with E-state index in [1.807, 2.05) is 30.3 Å². The molecule has 3 nitrogen and oxygen atoms in total. The molecule has 3 rings (SSSR count). The van der Waals surface area contributed by atoms with Gasteiger partial charge in [-0.15, -0.1) is 0 Å². The lowest BCUT2D eigenvalue weighted by atomic mass is 10.0. The molecule has 1 atom stereocenters. The Labute approximate surface area is 109 Å². The largest absolute Gasteiger partial charge is 0.459 e. The van der Waals surface area contributed by atoms with E-state index in [9.17, 15) is 4.39 Å². The highest BCUT2D eigenvalue weighted by Gasteiger charge is 2.17. The summed E-state index contributed by atoms with van der Waals surface area (Å²) in [4.78, 5) is 0. The Balaban J connectivity index is 2.06. The van der Waals surface area contributed by atoms with Crippen LogP contribution < -0.4 is 11.3 Å². The van der Waals surface area contributed by atoms with E-state index in [1.165, 1.54) is 12.1 Å². The number of furan rings is 1. The topological polar surface area (TPSA) is 51.2 Å². The fourth-order valence-corrected chi connectivity index (χ4v) is 2.17. The summed E-state index contributed by atoms with van der Waals surface area (Å²) in [5, 5.41) is 0.995. The number of para-hydroxylation sites is 1. The number of halogens is 1. The summed E-state index contributed by atoms with van der Waals surface area (Å²) in [6.45, 7) is 0. The highest BCUT2D eigenvalue weighted by molar-refractivity contribution is 5.77. The zero-order valence-electron chi connectivity index (χ0n) is 10.1. The number of nitrogens with two attached hydrogens (primary N) is 1. The van der Waals surface area contributed by atoms with Gasteiger partial charge in [0.15, 0.2) is 0 Å². The third-order valence-electron chi connectivity index (χ3n) is 3.08. The average Bonchev–Trinajstić information content (AvgIpc) is 2.83. The van der Waals surface area contributed by atoms with E-state index in [0.717, 1.165) is 16.5 Å². The van der Waals surface area contributed by atoms with E-state index < -0.39 is 0 Å². The van der Waals surface area contributed by atoms with Gasteiger partial charge in [0.1, 0.15) is 23.2 Å². The van der Waals surface area contributed by atoms with Crippen LogP contribution in [-0.2, 0) is 0 Å². The molecule has 2 aromatic carbocycles. The van der Waals surface area contributed by atoms with Crippen molar-refractivity contribution < 1.29 is 8.81 Å². The smallest absolute Gasteiger partial charge is 0.134 e. The Bertz CT molecular complexity index is 675. The first kappa shape index (κ1) is 11.9. The Hall–Kier alpha value is -2.17. The summed E-state index contributed by atoms with van der Waals surface area (Å²) in [5.74, 6) is 5.94. The predicted molar refractivity (Wildman–Crippen MR) is 71.8 cm³/mol. The molecule has 1 aromatic heterocycles. The molecule has 3 N–H and O–H groups in total. The van der Waals surface area contributed by atoms with Crippen molar-refractivity contribution in [1.82, 2.24) is 5.43 Å². The van der Waals surface area contributed by atoms with Crippen molar-refractivity contribution in [2.45, 2.75) is 6.04 Å². The first-order valence-electron chi connectivity index (χ1n) is 5.98. The van der Waals surface area contributed by atoms with Crippen molar-refractivity contribution in [2.24, 2.45) is 5.84 Å². The first-order valence-corrected chi connectivity index (χ1v) is 5.98. The summed E-state index contributed by atoms with van der Waals surface area (Å²) in [6.07, 6.45) is 0. The quantitative estimate of drug-likeness (QED) is 0.559. The van der Waals surface area contributed by atoms with Gasteiger partial charge in [-0.05, 0) is 29.8 Å². The normalized spacial score (nSPS) is 12.7. The number of fused-ring (bicyclic) bond motifs is 1. The van der Waals surface area contributed by atoms with Gasteiger partial charge in [0.25, 0.3) is 0 Å². The number of hydrazine groups is 1. The molecule has 3 aromatic rings. The van der Waals surface area contributed by atoms with Crippen LogP contribution >= 0.6 is 0 Å². The zero-order chi connectivity index (χ0) is 13.2. The van der Waals surface area contributed by atoms with Crippen LogP contribution in [-0.4, -0.2) is 0 Å². The summed E-state index contributed by atoms with van der Waals surface area (Å²) in [5.41, 5.74) is 4.17. The Morgan fingerprint density at radius 1 is 1.05 bits per heavy atom. The van der Waals surface area contributed by atoms with Crippen LogP contribution in [0.2, 0.25) is 0 Å². The first-order chi connectivity index (χ1) is 9.28. The van der Waals surface area contributed by atoms with Gasteiger partial charge in [-0.3, -0.25) is 5.84 Å². The third-order valence-corrected chi connectivity index (χ3v) is 3.08. The molecule has 0 aliphatic rings. The number of benzene rings is 2. The molecule has 0 saturated carbocycles. The molecule has 19 heavy (non-hydrogen) atoms. The van der Waals surface area contributed by atoms with Crippen LogP contribution in [0.5, 0.6) is 0 Å². The molecule has 1 heterocycles. The van der Waals surface area contributed by atoms with E-state index in [2.05, 4.69) is 5.43 Å². The molecule has 96 valence electrons. The summed E-state index contributed by atoms with van der Waals surface area (Å²) >= 11 is 0. The molecule has 0 fully saturated rings. The van der Waals surface area contributed by atoms with Crippen molar-refractivity contribution in [2.75, 3.05) is 0 Å². The van der Waals surface area contributed by atoms with Crippen molar-refractivity contribution in [1.29, 1.82) is 0 Å². The fraction of sp³-hybridized carbons (Fsp3) is 0.0667. The van der Waals surface area contributed by atoms with Crippen LogP contribution in [0.25, 0.3) is 11.0 Å². The zero-order valence-corrected chi connectivity index (χ0v) is 10.1. The van der Waals surface area contributed by atoms with Gasteiger partial charge in [0.2, 0.25) is 0 Å². The average molecular weight is 256 g/mol. The van der Waals surface area contributed by atoms with E-state index in [1.54, 1.807) is 12.1 Å². The van der Waals surface area contributed by atoms with Crippen LogP contribution in [0.4, 0.5) is 4.39 Å². The maximum absolute atomic E-state index is 13.3. The van der Waals surface area contributed by atoms with Crippen molar-refractivity contribution >= 4 is 11.0 Å². The third kappa shape index (κ3) is 2.23. The second-order valence-electron chi connectivity index (χ2n) is 4.34. The molecule has 1 unspecified atom stereocenters. The van der Waals surface area contributed by atoms with Crippen LogP contribution in [0, 0.1) is 5.82 Å². The Morgan fingerprint density at radius 2 is 1.89 bits per heavy atom. The monoisotopic (exact) mass is 256 g/mol. The van der Waals surface area contributed by atoms with E-state index in [4.69, 9.17) is 10.3 Å². The van der Waals surface area contributed by atoms with Gasteiger partial charge >= 0.3 is 0 Å². The number of hydrogen-bond donors (Lipinski definition) is 2. The Kier molecular flexibility index (Phi) is 3.03. The molecular weight excluding hydrogens is 243 g/mol. The molecule has 0 aliphatic heterocycles. The number of rotatable bonds is 3. The molecule has 0 amide bonds. The predicted octanol–water partition coefficient (Wildman–Crippen LogP) is 3.12. The maximum atomic E-state index is 13.3. The standard InChI is InChI=1S/C15H13FN2O/c16-12-6-3-5-11(8-12)15(18-17)14-9-10-4-1-2-7-13(10)19-14/h1-9,15,18H,17H2. The second kappa shape index (κ2) is 4.84. The highest BCUT2D eigenvalue weighted by atomic mass is 19.1. The second-order valence-corrected chi connectivity index (χ2v) is 4.34. The fourth-order valence-electron chi connectivity index (χ4n) is 2.17. The minimum Gasteiger partial charge on any atom is -0.459 e. The molecule has 0 saturated heterocycles. The van der Waals surface area contributed by atoms with Crippen molar-refractivity contribution in [3.05, 3.63) is 71.7 Å². The highest BCUT2D eigenvalue weighted by Crippen LogP contribution is 2.27. The van der Waals surface area contributed by atoms with Crippen LogP contribution in [0.1, 0.15) is 17.4 Å². The van der Waals surface area contributed by atoms with Crippen molar-refractivity contribution in [3.8, 4) is 0 Å². The van der Waals surface area contributed by atoms with Crippen LogP contribution in [0.3, 0.4) is 0 Å². The van der Waals surface area contributed by atoms with Crippen molar-refractivity contribution in [3.63, 3.8) is 0 Å². The molecule has 4 heteroatoms. The number of hydrogen-bond acceptors (Lipinski definition) is 3. The van der Waals surface area contributed by atoms with E-state index in [-0.39, 0.29) is 11.9 Å². The van der Waals surface area contributed by atoms with E-state index in [0.29, 0.717) is 5.76 Å². The molecular formula is C15H13FN2O. The Morgan fingerprint density at radius 3 is 2.63 bits per heavy atom. The van der Waals surface area contributed by atoms with Gasteiger partial charge in [-0.1, -0.05) is 30.3 Å². The maximum Gasteiger partial charge on any atom is 0.134 e. The lowest BCUT2D eigenvalue weighted by Gasteiger charge is -2.13.